The average Bonchev–Trinajstić information content (AvgIpc) is 2.50. The van der Waals surface area contributed by atoms with Crippen LogP contribution >= 0.6 is 11.6 Å². The molecule has 0 aromatic carbocycles. The predicted molar refractivity (Wildman–Crippen MR) is 99.2 cm³/mol. The maximum atomic E-state index is 5.79. The van der Waals surface area contributed by atoms with Gasteiger partial charge in [-0.3, -0.25) is 4.99 Å². The van der Waals surface area contributed by atoms with Gasteiger partial charge in [-0.1, -0.05) is 31.5 Å². The van der Waals surface area contributed by atoms with E-state index in [4.69, 9.17) is 11.6 Å². The highest BCUT2D eigenvalue weighted by Crippen LogP contribution is 2.08. The molecule has 0 fully saturated rings. The monoisotopic (exact) mass is 339 g/mol. The van der Waals surface area contributed by atoms with Crippen molar-refractivity contribution in [3.63, 3.8) is 0 Å². The van der Waals surface area contributed by atoms with E-state index in [1.54, 1.807) is 7.05 Å². The fraction of sp³-hybridized carbons (Fsp3) is 0.647. The van der Waals surface area contributed by atoms with Gasteiger partial charge < -0.3 is 15.5 Å². The van der Waals surface area contributed by atoms with Gasteiger partial charge in [0.25, 0.3) is 0 Å². The summed E-state index contributed by atoms with van der Waals surface area (Å²) in [5.41, 5.74) is 1.16. The number of aliphatic imine (C=N–C) groups is 1. The maximum Gasteiger partial charge on any atom is 0.191 e. The SMILES string of the molecule is CN=C(NCCc1ccc(Cl)nc1)NCC(CC(C)C)N(C)C. The number of pyridine rings is 1. The highest BCUT2D eigenvalue weighted by Gasteiger charge is 2.13. The number of likely N-dealkylation sites (N-methyl/N-ethyl adjacent to an activating group) is 1. The summed E-state index contributed by atoms with van der Waals surface area (Å²) >= 11 is 5.79. The standard InChI is InChI=1S/C17H30ClN5/c1-13(2)10-15(23(4)5)12-22-17(19-3)20-9-8-14-6-7-16(18)21-11-14/h6-7,11,13,15H,8-10,12H2,1-5H3,(H2,19,20,22). The van der Waals surface area contributed by atoms with Crippen LogP contribution < -0.4 is 10.6 Å². The molecule has 0 saturated heterocycles. The Morgan fingerprint density at radius 3 is 2.57 bits per heavy atom. The van der Waals surface area contributed by atoms with Crippen LogP contribution in [0.1, 0.15) is 25.8 Å². The maximum absolute atomic E-state index is 5.79. The molecule has 0 saturated carbocycles. The summed E-state index contributed by atoms with van der Waals surface area (Å²) in [6.45, 7) is 6.20. The molecular formula is C17H30ClN5. The molecule has 0 spiro atoms. The average molecular weight is 340 g/mol. The van der Waals surface area contributed by atoms with Gasteiger partial charge in [-0.15, -0.1) is 0 Å². The Bertz CT molecular complexity index is 470. The largest absolute Gasteiger partial charge is 0.356 e. The van der Waals surface area contributed by atoms with E-state index in [1.165, 1.54) is 0 Å². The Morgan fingerprint density at radius 2 is 2.04 bits per heavy atom. The number of aromatic nitrogens is 1. The van der Waals surface area contributed by atoms with Gasteiger partial charge in [0.15, 0.2) is 5.96 Å². The minimum Gasteiger partial charge on any atom is -0.356 e. The molecule has 2 N–H and O–H groups in total. The topological polar surface area (TPSA) is 52.6 Å². The Balaban J connectivity index is 2.37. The normalized spacial score (nSPS) is 13.5. The molecule has 0 aliphatic carbocycles. The van der Waals surface area contributed by atoms with Crippen molar-refractivity contribution in [2.24, 2.45) is 10.9 Å². The van der Waals surface area contributed by atoms with Gasteiger partial charge in [-0.05, 0) is 44.5 Å². The van der Waals surface area contributed by atoms with Gasteiger partial charge in [0.2, 0.25) is 0 Å². The highest BCUT2D eigenvalue weighted by atomic mass is 35.5. The summed E-state index contributed by atoms with van der Waals surface area (Å²) in [5.74, 6) is 1.51. The number of guanidine groups is 1. The number of hydrogen-bond donors (Lipinski definition) is 2. The molecule has 23 heavy (non-hydrogen) atoms. The van der Waals surface area contributed by atoms with Gasteiger partial charge >= 0.3 is 0 Å². The lowest BCUT2D eigenvalue weighted by molar-refractivity contribution is 0.254. The second-order valence-electron chi connectivity index (χ2n) is 6.37. The first kappa shape index (κ1) is 19.7. The molecule has 0 aliphatic rings. The molecule has 1 heterocycles. The van der Waals surface area contributed by atoms with Crippen LogP contribution in [-0.2, 0) is 6.42 Å². The van der Waals surface area contributed by atoms with Crippen LogP contribution in [0, 0.1) is 5.92 Å². The number of nitrogens with one attached hydrogen (secondary N) is 2. The molecule has 1 aromatic heterocycles. The van der Waals surface area contributed by atoms with Crippen LogP contribution in [0.25, 0.3) is 0 Å². The summed E-state index contributed by atoms with van der Waals surface area (Å²) in [6.07, 6.45) is 3.85. The second-order valence-corrected chi connectivity index (χ2v) is 6.75. The van der Waals surface area contributed by atoms with Gasteiger partial charge in [-0.2, -0.15) is 0 Å². The molecule has 1 aromatic rings. The van der Waals surface area contributed by atoms with Crippen molar-refractivity contribution in [3.8, 4) is 0 Å². The summed E-state index contributed by atoms with van der Waals surface area (Å²) in [7, 11) is 6.04. The van der Waals surface area contributed by atoms with Crippen LogP contribution in [0.3, 0.4) is 0 Å². The smallest absolute Gasteiger partial charge is 0.191 e. The van der Waals surface area contributed by atoms with Gasteiger partial charge in [0.1, 0.15) is 5.15 Å². The van der Waals surface area contributed by atoms with Crippen LogP contribution in [0.4, 0.5) is 0 Å². The highest BCUT2D eigenvalue weighted by molar-refractivity contribution is 6.29. The van der Waals surface area contributed by atoms with Crippen LogP contribution in [0.5, 0.6) is 0 Å². The Kier molecular flexibility index (Phi) is 8.95. The van der Waals surface area contributed by atoms with E-state index in [1.807, 2.05) is 18.3 Å². The zero-order chi connectivity index (χ0) is 17.2. The Hall–Kier alpha value is -1.33. The molecule has 0 aliphatic heterocycles. The lowest BCUT2D eigenvalue weighted by atomic mass is 10.0. The molecule has 0 radical (unpaired) electrons. The molecule has 1 unspecified atom stereocenters. The van der Waals surface area contributed by atoms with E-state index in [2.05, 4.69) is 53.5 Å². The molecule has 130 valence electrons. The van der Waals surface area contributed by atoms with E-state index in [0.717, 1.165) is 37.5 Å². The van der Waals surface area contributed by atoms with E-state index in [9.17, 15) is 0 Å². The van der Waals surface area contributed by atoms with Crippen molar-refractivity contribution in [3.05, 3.63) is 29.0 Å². The molecule has 5 nitrogen and oxygen atoms in total. The van der Waals surface area contributed by atoms with Crippen molar-refractivity contribution in [1.82, 2.24) is 20.5 Å². The first-order valence-electron chi connectivity index (χ1n) is 8.13. The Labute approximate surface area is 145 Å². The van der Waals surface area contributed by atoms with E-state index < -0.39 is 0 Å². The summed E-state index contributed by atoms with van der Waals surface area (Å²) in [4.78, 5) is 10.6. The van der Waals surface area contributed by atoms with Crippen LogP contribution in [-0.4, -0.2) is 56.1 Å². The van der Waals surface area contributed by atoms with Crippen molar-refractivity contribution >= 4 is 17.6 Å². The zero-order valence-electron chi connectivity index (χ0n) is 14.9. The fourth-order valence-electron chi connectivity index (χ4n) is 2.34. The first-order chi connectivity index (χ1) is 10.9. The third kappa shape index (κ3) is 8.18. The summed E-state index contributed by atoms with van der Waals surface area (Å²) < 4.78 is 0. The third-order valence-corrected chi connectivity index (χ3v) is 3.92. The van der Waals surface area contributed by atoms with Crippen molar-refractivity contribution in [1.29, 1.82) is 0 Å². The summed E-state index contributed by atoms with van der Waals surface area (Å²) in [6, 6.07) is 4.31. The van der Waals surface area contributed by atoms with Crippen molar-refractivity contribution in [2.75, 3.05) is 34.2 Å². The molecule has 1 rings (SSSR count). The molecule has 6 heteroatoms. The van der Waals surface area contributed by atoms with E-state index in [-0.39, 0.29) is 0 Å². The zero-order valence-corrected chi connectivity index (χ0v) is 15.7. The number of halogens is 1. The van der Waals surface area contributed by atoms with Gasteiger partial charge in [-0.25, -0.2) is 4.98 Å². The van der Waals surface area contributed by atoms with Gasteiger partial charge in [0, 0.05) is 32.4 Å². The van der Waals surface area contributed by atoms with Crippen molar-refractivity contribution in [2.45, 2.75) is 32.7 Å². The van der Waals surface area contributed by atoms with Crippen LogP contribution in [0.15, 0.2) is 23.3 Å². The van der Waals surface area contributed by atoms with Gasteiger partial charge in [0.05, 0.1) is 0 Å². The van der Waals surface area contributed by atoms with E-state index >= 15 is 0 Å². The summed E-state index contributed by atoms with van der Waals surface area (Å²) in [5, 5.41) is 7.28. The molecule has 0 bridgehead atoms. The molecule has 0 amide bonds. The lowest BCUT2D eigenvalue weighted by Gasteiger charge is -2.27. The quantitative estimate of drug-likeness (QED) is 0.434. The minimum atomic E-state index is 0.494. The minimum absolute atomic E-state index is 0.494. The predicted octanol–water partition coefficient (Wildman–Crippen LogP) is 2.42. The molecule has 1 atom stereocenters. The second kappa shape index (κ2) is 10.4. The Morgan fingerprint density at radius 1 is 1.30 bits per heavy atom. The third-order valence-electron chi connectivity index (χ3n) is 3.70. The number of hydrogen-bond acceptors (Lipinski definition) is 3. The number of nitrogens with zero attached hydrogens (tertiary/aromatic N) is 3. The van der Waals surface area contributed by atoms with Crippen LogP contribution in [0.2, 0.25) is 5.15 Å². The first-order valence-corrected chi connectivity index (χ1v) is 8.51. The number of rotatable bonds is 8. The fourth-order valence-corrected chi connectivity index (χ4v) is 2.45. The van der Waals surface area contributed by atoms with Crippen molar-refractivity contribution < 1.29 is 0 Å². The van der Waals surface area contributed by atoms with E-state index in [0.29, 0.717) is 17.1 Å². The molecular weight excluding hydrogens is 310 g/mol. The lowest BCUT2D eigenvalue weighted by Crippen LogP contribution is -2.45.